The zero-order chi connectivity index (χ0) is 20.0. The van der Waals surface area contributed by atoms with Gasteiger partial charge in [-0.05, 0) is 73.1 Å². The maximum Gasteiger partial charge on any atom is 0.240 e. The van der Waals surface area contributed by atoms with Crippen LogP contribution in [0.4, 0.5) is 0 Å². The summed E-state index contributed by atoms with van der Waals surface area (Å²) in [5, 5.41) is 3.48. The Morgan fingerprint density at radius 2 is 1.71 bits per heavy atom. The average Bonchev–Trinajstić information content (AvgIpc) is 2.70. The van der Waals surface area contributed by atoms with Crippen molar-refractivity contribution in [3.8, 4) is 0 Å². The molecule has 5 nitrogen and oxygen atoms in total. The van der Waals surface area contributed by atoms with Crippen molar-refractivity contribution in [1.29, 1.82) is 0 Å². The van der Waals surface area contributed by atoms with Crippen LogP contribution in [0.15, 0.2) is 47.4 Å². The van der Waals surface area contributed by atoms with Gasteiger partial charge in [-0.1, -0.05) is 29.8 Å². The Labute approximate surface area is 171 Å². The lowest BCUT2D eigenvalue weighted by Crippen LogP contribution is -2.27. The van der Waals surface area contributed by atoms with Crippen LogP contribution < -0.4 is 10.0 Å². The third kappa shape index (κ3) is 5.80. The van der Waals surface area contributed by atoms with Crippen LogP contribution >= 0.6 is 11.6 Å². The third-order valence-electron chi connectivity index (χ3n) is 4.91. The van der Waals surface area contributed by atoms with Gasteiger partial charge in [0.15, 0.2) is 0 Å². The van der Waals surface area contributed by atoms with E-state index in [9.17, 15) is 13.2 Å². The molecular weight excluding hydrogens is 396 g/mol. The quantitative estimate of drug-likeness (QED) is 0.641. The van der Waals surface area contributed by atoms with E-state index in [2.05, 4.69) is 10.0 Å². The molecule has 0 spiro atoms. The average molecular weight is 421 g/mol. The number of aryl methyl sites for hydroxylation is 2. The second-order valence-electron chi connectivity index (χ2n) is 7.04. The molecule has 0 aliphatic heterocycles. The summed E-state index contributed by atoms with van der Waals surface area (Å²) in [6.45, 7) is 0.657. The first-order valence-electron chi connectivity index (χ1n) is 9.57. The van der Waals surface area contributed by atoms with E-state index in [1.807, 2.05) is 18.2 Å². The van der Waals surface area contributed by atoms with Gasteiger partial charge < -0.3 is 5.32 Å². The minimum absolute atomic E-state index is 0.108. The van der Waals surface area contributed by atoms with Gasteiger partial charge >= 0.3 is 0 Å². The lowest BCUT2D eigenvalue weighted by atomic mass is 9.92. The number of fused-ring (bicyclic) bond motifs is 1. The normalized spacial score (nSPS) is 13.8. The molecule has 0 heterocycles. The van der Waals surface area contributed by atoms with Gasteiger partial charge in [0.2, 0.25) is 15.9 Å². The summed E-state index contributed by atoms with van der Waals surface area (Å²) in [6, 6.07) is 12.6. The van der Waals surface area contributed by atoms with Crippen molar-refractivity contribution in [2.75, 3.05) is 6.54 Å². The van der Waals surface area contributed by atoms with Crippen molar-refractivity contribution in [3.63, 3.8) is 0 Å². The minimum atomic E-state index is -3.55. The van der Waals surface area contributed by atoms with Gasteiger partial charge in [-0.2, -0.15) is 0 Å². The highest BCUT2D eigenvalue weighted by atomic mass is 35.5. The monoisotopic (exact) mass is 420 g/mol. The maximum absolute atomic E-state index is 12.5. The van der Waals surface area contributed by atoms with E-state index < -0.39 is 10.0 Å². The molecule has 0 saturated heterocycles. The number of hydrogen-bond donors (Lipinski definition) is 2. The molecule has 0 atom stereocenters. The second-order valence-corrected chi connectivity index (χ2v) is 9.25. The molecular formula is C21H25ClN2O3S. The van der Waals surface area contributed by atoms with E-state index in [1.54, 1.807) is 24.3 Å². The van der Waals surface area contributed by atoms with Crippen molar-refractivity contribution in [2.24, 2.45) is 0 Å². The smallest absolute Gasteiger partial charge is 0.240 e. The van der Waals surface area contributed by atoms with Gasteiger partial charge in [-0.3, -0.25) is 4.79 Å². The molecule has 150 valence electrons. The highest BCUT2D eigenvalue weighted by Crippen LogP contribution is 2.24. The molecule has 28 heavy (non-hydrogen) atoms. The Kier molecular flexibility index (Phi) is 7.10. The summed E-state index contributed by atoms with van der Waals surface area (Å²) >= 11 is 5.83. The van der Waals surface area contributed by atoms with Gasteiger partial charge in [-0.15, -0.1) is 0 Å². The number of hydrogen-bond acceptors (Lipinski definition) is 3. The van der Waals surface area contributed by atoms with Crippen molar-refractivity contribution in [1.82, 2.24) is 10.0 Å². The zero-order valence-corrected chi connectivity index (χ0v) is 17.3. The van der Waals surface area contributed by atoms with E-state index in [0.717, 1.165) is 36.8 Å². The molecule has 2 N–H and O–H groups in total. The van der Waals surface area contributed by atoms with Gasteiger partial charge in [-0.25, -0.2) is 13.1 Å². The summed E-state index contributed by atoms with van der Waals surface area (Å²) in [5.41, 5.74) is 3.35. The number of carbonyl (C=O) groups is 1. The number of carbonyl (C=O) groups excluding carboxylic acids is 1. The highest BCUT2D eigenvalue weighted by Gasteiger charge is 2.17. The summed E-state index contributed by atoms with van der Waals surface area (Å²) in [5.74, 6) is -0.108. The Morgan fingerprint density at radius 1 is 1.00 bits per heavy atom. The molecule has 2 aromatic rings. The zero-order valence-electron chi connectivity index (χ0n) is 15.7. The van der Waals surface area contributed by atoms with Crippen LogP contribution in [0.3, 0.4) is 0 Å². The fraction of sp³-hybridized carbons (Fsp3) is 0.381. The molecule has 0 fully saturated rings. The van der Waals surface area contributed by atoms with Crippen LogP contribution in [-0.4, -0.2) is 20.9 Å². The second kappa shape index (κ2) is 9.54. The molecule has 7 heteroatoms. The van der Waals surface area contributed by atoms with Crippen LogP contribution in [0.2, 0.25) is 5.02 Å². The largest absolute Gasteiger partial charge is 0.352 e. The van der Waals surface area contributed by atoms with Gasteiger partial charge in [0.05, 0.1) is 4.90 Å². The van der Waals surface area contributed by atoms with Gasteiger partial charge in [0.25, 0.3) is 0 Å². The summed E-state index contributed by atoms with van der Waals surface area (Å²) in [7, 11) is -3.55. The van der Waals surface area contributed by atoms with E-state index in [-0.39, 0.29) is 18.9 Å². The van der Waals surface area contributed by atoms with Crippen molar-refractivity contribution < 1.29 is 13.2 Å². The van der Waals surface area contributed by atoms with Crippen molar-refractivity contribution >= 4 is 27.5 Å². The van der Waals surface area contributed by atoms with E-state index in [0.29, 0.717) is 22.9 Å². The molecule has 1 amide bonds. The first kappa shape index (κ1) is 20.8. The highest BCUT2D eigenvalue weighted by molar-refractivity contribution is 7.89. The molecule has 1 aliphatic carbocycles. The topological polar surface area (TPSA) is 75.3 Å². The lowest BCUT2D eigenvalue weighted by molar-refractivity contribution is -0.121. The van der Waals surface area contributed by atoms with Crippen LogP contribution in [-0.2, 0) is 34.2 Å². The first-order chi connectivity index (χ1) is 13.4. The molecule has 0 bridgehead atoms. The fourth-order valence-electron chi connectivity index (χ4n) is 3.31. The molecule has 2 aromatic carbocycles. The van der Waals surface area contributed by atoms with Crippen LogP contribution in [0.1, 0.15) is 42.4 Å². The molecule has 0 unspecified atom stereocenters. The van der Waals surface area contributed by atoms with E-state index >= 15 is 0 Å². The molecule has 0 aromatic heterocycles. The predicted octanol–water partition coefficient (Wildman–Crippen LogP) is 3.59. The minimum Gasteiger partial charge on any atom is -0.352 e. The summed E-state index contributed by atoms with van der Waals surface area (Å²) in [4.78, 5) is 12.2. The molecule has 1 aliphatic rings. The Bertz CT molecular complexity index is 927. The number of sulfonamides is 1. The number of nitrogens with one attached hydrogen (secondary N) is 2. The number of amides is 1. The summed E-state index contributed by atoms with van der Waals surface area (Å²) < 4.78 is 27.6. The Balaban J connectivity index is 1.42. The first-order valence-corrected chi connectivity index (χ1v) is 11.4. The number of benzene rings is 2. The van der Waals surface area contributed by atoms with Crippen LogP contribution in [0.25, 0.3) is 0 Å². The third-order valence-corrected chi connectivity index (χ3v) is 6.62. The fourth-order valence-corrected chi connectivity index (χ4v) is 4.56. The predicted molar refractivity (Wildman–Crippen MR) is 111 cm³/mol. The maximum atomic E-state index is 12.5. The van der Waals surface area contributed by atoms with Crippen LogP contribution in [0, 0.1) is 0 Å². The molecule has 0 saturated carbocycles. The van der Waals surface area contributed by atoms with Crippen LogP contribution in [0.5, 0.6) is 0 Å². The number of halogens is 1. The standard InChI is InChI=1S/C21H25ClN2O3S/c22-19-10-7-16(8-11-19)15-23-21(25)6-3-13-24-28(26,27)20-12-9-17-4-1-2-5-18(17)14-20/h7-12,14,24H,1-6,13,15H2,(H,23,25). The SMILES string of the molecule is O=C(CCCNS(=O)(=O)c1ccc2c(c1)CCCC2)NCc1ccc(Cl)cc1. The number of rotatable bonds is 8. The molecule has 0 radical (unpaired) electrons. The molecule has 3 rings (SSSR count). The van der Waals surface area contributed by atoms with E-state index in [1.165, 1.54) is 5.56 Å². The Hall–Kier alpha value is -1.89. The Morgan fingerprint density at radius 3 is 2.46 bits per heavy atom. The van der Waals surface area contributed by atoms with Gasteiger partial charge in [0.1, 0.15) is 0 Å². The van der Waals surface area contributed by atoms with Gasteiger partial charge in [0, 0.05) is 24.5 Å². The van der Waals surface area contributed by atoms with Crippen molar-refractivity contribution in [3.05, 3.63) is 64.2 Å². The van der Waals surface area contributed by atoms with Crippen molar-refractivity contribution in [2.45, 2.75) is 50.0 Å². The lowest BCUT2D eigenvalue weighted by Gasteiger charge is -2.16. The summed E-state index contributed by atoms with van der Waals surface area (Å²) in [6.07, 6.45) is 4.93. The van der Waals surface area contributed by atoms with E-state index in [4.69, 9.17) is 11.6 Å².